The maximum Gasteiger partial charge on any atom is 0.258 e. The van der Waals surface area contributed by atoms with E-state index in [-0.39, 0.29) is 22.7 Å². The molecule has 8 heteroatoms. The lowest BCUT2D eigenvalue weighted by Crippen LogP contribution is -2.31. The molecule has 146 valence electrons. The summed E-state index contributed by atoms with van der Waals surface area (Å²) < 4.78 is 53.0. The molecule has 1 amide bonds. The van der Waals surface area contributed by atoms with Crippen LogP contribution in [-0.2, 0) is 10.0 Å². The average Bonchev–Trinajstić information content (AvgIpc) is 2.60. The number of rotatable bonds is 5. The van der Waals surface area contributed by atoms with E-state index in [4.69, 9.17) is 0 Å². The van der Waals surface area contributed by atoms with Gasteiger partial charge in [-0.15, -0.1) is 0 Å². The van der Waals surface area contributed by atoms with Crippen LogP contribution in [0.25, 0.3) is 0 Å². The summed E-state index contributed by atoms with van der Waals surface area (Å²) in [4.78, 5) is 14.3. The fourth-order valence-electron chi connectivity index (χ4n) is 2.67. The minimum absolute atomic E-state index is 0.0391. The molecule has 0 saturated heterocycles. The van der Waals surface area contributed by atoms with Crippen LogP contribution in [0.4, 0.5) is 14.5 Å². The standard InChI is InChI=1S/C19H22F2N2O3S/c1-6-23(15-7-8-16(20)17(21)11-15)19(24)14-9-12(2)13(3)18(10-14)27(25,26)22(4)5/h7-11H,6H2,1-5H3. The molecule has 0 unspecified atom stereocenters. The Labute approximate surface area is 158 Å². The molecule has 0 aliphatic heterocycles. The summed E-state index contributed by atoms with van der Waals surface area (Å²) in [6.45, 7) is 5.28. The van der Waals surface area contributed by atoms with Gasteiger partial charge in [-0.1, -0.05) is 0 Å². The van der Waals surface area contributed by atoms with Crippen molar-refractivity contribution in [2.45, 2.75) is 25.7 Å². The van der Waals surface area contributed by atoms with E-state index < -0.39 is 27.6 Å². The molecule has 2 aromatic carbocycles. The van der Waals surface area contributed by atoms with Gasteiger partial charge in [-0.25, -0.2) is 21.5 Å². The van der Waals surface area contributed by atoms with Crippen molar-refractivity contribution >= 4 is 21.6 Å². The predicted molar refractivity (Wildman–Crippen MR) is 100 cm³/mol. The van der Waals surface area contributed by atoms with Gasteiger partial charge in [-0.3, -0.25) is 4.79 Å². The number of amides is 1. The molecule has 27 heavy (non-hydrogen) atoms. The fourth-order valence-corrected chi connectivity index (χ4v) is 3.88. The summed E-state index contributed by atoms with van der Waals surface area (Å²) in [5.74, 6) is -2.57. The van der Waals surface area contributed by atoms with Gasteiger partial charge in [0.15, 0.2) is 11.6 Å². The van der Waals surface area contributed by atoms with Crippen LogP contribution >= 0.6 is 0 Å². The van der Waals surface area contributed by atoms with Crippen LogP contribution < -0.4 is 4.90 Å². The van der Waals surface area contributed by atoms with Crippen LogP contribution in [0.3, 0.4) is 0 Å². The second-order valence-electron chi connectivity index (χ2n) is 6.35. The van der Waals surface area contributed by atoms with Gasteiger partial charge in [0.25, 0.3) is 5.91 Å². The maximum absolute atomic E-state index is 13.6. The summed E-state index contributed by atoms with van der Waals surface area (Å²) in [5.41, 5.74) is 1.54. The van der Waals surface area contributed by atoms with E-state index in [1.165, 1.54) is 31.1 Å². The molecule has 0 fully saturated rings. The Morgan fingerprint density at radius 2 is 1.67 bits per heavy atom. The lowest BCUT2D eigenvalue weighted by atomic mass is 10.0. The first-order valence-electron chi connectivity index (χ1n) is 8.31. The number of aryl methyl sites for hydroxylation is 1. The monoisotopic (exact) mass is 396 g/mol. The molecule has 0 aliphatic rings. The summed E-state index contributed by atoms with van der Waals surface area (Å²) in [6, 6.07) is 6.11. The van der Waals surface area contributed by atoms with Crippen molar-refractivity contribution in [3.05, 3.63) is 58.7 Å². The van der Waals surface area contributed by atoms with Crippen LogP contribution in [0.5, 0.6) is 0 Å². The molecule has 0 aliphatic carbocycles. The van der Waals surface area contributed by atoms with Gasteiger partial charge >= 0.3 is 0 Å². The van der Waals surface area contributed by atoms with E-state index in [1.807, 2.05) is 0 Å². The molecule has 0 atom stereocenters. The summed E-state index contributed by atoms with van der Waals surface area (Å²) in [7, 11) is -0.913. The van der Waals surface area contributed by atoms with Gasteiger partial charge in [-0.05, 0) is 56.2 Å². The third-order valence-corrected chi connectivity index (χ3v) is 6.34. The zero-order valence-corrected chi connectivity index (χ0v) is 16.7. The van der Waals surface area contributed by atoms with Gasteiger partial charge in [0.05, 0.1) is 4.90 Å². The molecule has 0 N–H and O–H groups in total. The minimum atomic E-state index is -3.74. The molecular weight excluding hydrogens is 374 g/mol. The molecule has 2 rings (SSSR count). The molecule has 0 radical (unpaired) electrons. The molecule has 2 aromatic rings. The lowest BCUT2D eigenvalue weighted by molar-refractivity contribution is 0.0988. The number of sulfonamides is 1. The van der Waals surface area contributed by atoms with Crippen LogP contribution in [-0.4, -0.2) is 39.3 Å². The van der Waals surface area contributed by atoms with Crippen molar-refractivity contribution < 1.29 is 22.0 Å². The normalized spacial score (nSPS) is 11.7. The summed E-state index contributed by atoms with van der Waals surface area (Å²) in [6.07, 6.45) is 0. The van der Waals surface area contributed by atoms with Crippen molar-refractivity contribution in [2.75, 3.05) is 25.5 Å². The Hall–Kier alpha value is -2.32. The quantitative estimate of drug-likeness (QED) is 0.777. The number of hydrogen-bond acceptors (Lipinski definition) is 3. The number of benzene rings is 2. The topological polar surface area (TPSA) is 57.7 Å². The summed E-state index contributed by atoms with van der Waals surface area (Å²) in [5, 5.41) is 0. The van der Waals surface area contributed by atoms with Crippen LogP contribution in [0.2, 0.25) is 0 Å². The molecular formula is C19H22F2N2O3S. The Balaban J connectivity index is 2.57. The molecule has 0 spiro atoms. The zero-order valence-electron chi connectivity index (χ0n) is 15.9. The van der Waals surface area contributed by atoms with E-state index in [1.54, 1.807) is 26.8 Å². The largest absolute Gasteiger partial charge is 0.309 e. The van der Waals surface area contributed by atoms with Crippen molar-refractivity contribution in [1.29, 1.82) is 0 Å². The Morgan fingerprint density at radius 1 is 1.04 bits per heavy atom. The van der Waals surface area contributed by atoms with E-state index in [0.29, 0.717) is 11.1 Å². The van der Waals surface area contributed by atoms with Gasteiger partial charge in [0.1, 0.15) is 0 Å². The molecule has 0 aromatic heterocycles. The highest BCUT2D eigenvalue weighted by Gasteiger charge is 2.25. The Bertz CT molecular complexity index is 989. The highest BCUT2D eigenvalue weighted by molar-refractivity contribution is 7.89. The third kappa shape index (κ3) is 4.01. The minimum Gasteiger partial charge on any atom is -0.309 e. The number of anilines is 1. The molecule has 0 bridgehead atoms. The van der Waals surface area contributed by atoms with E-state index in [0.717, 1.165) is 16.4 Å². The second-order valence-corrected chi connectivity index (χ2v) is 8.47. The van der Waals surface area contributed by atoms with Gasteiger partial charge in [0.2, 0.25) is 10.0 Å². The zero-order chi connectivity index (χ0) is 20.5. The smallest absolute Gasteiger partial charge is 0.258 e. The van der Waals surface area contributed by atoms with Crippen molar-refractivity contribution in [3.63, 3.8) is 0 Å². The Kier molecular flexibility index (Phi) is 6.01. The second kappa shape index (κ2) is 7.74. The predicted octanol–water partition coefficient (Wildman–Crippen LogP) is 3.50. The van der Waals surface area contributed by atoms with Crippen LogP contribution in [0.1, 0.15) is 28.4 Å². The number of carbonyl (C=O) groups excluding carboxylic acids is 1. The summed E-state index contributed by atoms with van der Waals surface area (Å²) >= 11 is 0. The first-order valence-corrected chi connectivity index (χ1v) is 9.75. The third-order valence-electron chi connectivity index (χ3n) is 4.40. The van der Waals surface area contributed by atoms with Crippen molar-refractivity contribution in [3.8, 4) is 0 Å². The van der Waals surface area contributed by atoms with E-state index >= 15 is 0 Å². The van der Waals surface area contributed by atoms with E-state index in [2.05, 4.69) is 0 Å². The number of hydrogen-bond donors (Lipinski definition) is 0. The van der Waals surface area contributed by atoms with Crippen molar-refractivity contribution in [2.24, 2.45) is 0 Å². The van der Waals surface area contributed by atoms with Crippen molar-refractivity contribution in [1.82, 2.24) is 4.31 Å². The number of nitrogens with zero attached hydrogens (tertiary/aromatic N) is 2. The average molecular weight is 396 g/mol. The van der Waals surface area contributed by atoms with Crippen LogP contribution in [0.15, 0.2) is 35.2 Å². The Morgan fingerprint density at radius 3 is 2.19 bits per heavy atom. The highest BCUT2D eigenvalue weighted by Crippen LogP contribution is 2.26. The first-order chi connectivity index (χ1) is 12.5. The molecule has 5 nitrogen and oxygen atoms in total. The fraction of sp³-hybridized carbons (Fsp3) is 0.316. The molecule has 0 saturated carbocycles. The van der Waals surface area contributed by atoms with Crippen LogP contribution in [0, 0.1) is 25.5 Å². The maximum atomic E-state index is 13.6. The first kappa shape index (κ1) is 21.0. The molecule has 0 heterocycles. The number of halogens is 2. The number of carbonyl (C=O) groups is 1. The van der Waals surface area contributed by atoms with Gasteiger partial charge < -0.3 is 4.90 Å². The van der Waals surface area contributed by atoms with E-state index in [9.17, 15) is 22.0 Å². The van der Waals surface area contributed by atoms with Gasteiger partial charge in [0, 0.05) is 38.0 Å². The SMILES string of the molecule is CCN(C(=O)c1cc(C)c(C)c(S(=O)(=O)N(C)C)c1)c1ccc(F)c(F)c1. The van der Waals surface area contributed by atoms with Gasteiger partial charge in [-0.2, -0.15) is 0 Å². The highest BCUT2D eigenvalue weighted by atomic mass is 32.2. The lowest BCUT2D eigenvalue weighted by Gasteiger charge is -2.23.